The first-order valence-electron chi connectivity index (χ1n) is 8.53. The molecule has 0 unspecified atom stereocenters. The molecule has 9 heteroatoms. The SMILES string of the molecule is CCn1c(SCC(=O)c2ccc(OC(F)F)cc2)nc2sc(C)c(C)c2c1=O. The summed E-state index contributed by atoms with van der Waals surface area (Å²) >= 11 is 2.66. The van der Waals surface area contributed by atoms with E-state index >= 15 is 0 Å². The Morgan fingerprint density at radius 2 is 1.96 bits per heavy atom. The molecule has 0 N–H and O–H groups in total. The molecule has 0 radical (unpaired) electrons. The van der Waals surface area contributed by atoms with E-state index in [-0.39, 0.29) is 22.8 Å². The van der Waals surface area contributed by atoms with E-state index in [0.717, 1.165) is 10.4 Å². The summed E-state index contributed by atoms with van der Waals surface area (Å²) in [6.45, 7) is 3.27. The first-order chi connectivity index (χ1) is 13.3. The van der Waals surface area contributed by atoms with Crippen LogP contribution in [0.2, 0.25) is 0 Å². The highest BCUT2D eigenvalue weighted by atomic mass is 32.2. The minimum absolute atomic E-state index is 0.00502. The molecule has 0 saturated heterocycles. The van der Waals surface area contributed by atoms with Gasteiger partial charge in [-0.25, -0.2) is 4.98 Å². The van der Waals surface area contributed by atoms with Gasteiger partial charge in [-0.1, -0.05) is 11.8 Å². The van der Waals surface area contributed by atoms with Gasteiger partial charge in [-0.15, -0.1) is 11.3 Å². The van der Waals surface area contributed by atoms with Crippen LogP contribution >= 0.6 is 23.1 Å². The first kappa shape index (κ1) is 20.5. The topological polar surface area (TPSA) is 61.2 Å². The van der Waals surface area contributed by atoms with E-state index < -0.39 is 6.61 Å². The zero-order valence-electron chi connectivity index (χ0n) is 15.5. The number of benzene rings is 1. The molecular weight excluding hydrogens is 406 g/mol. The lowest BCUT2D eigenvalue weighted by Gasteiger charge is -2.10. The molecule has 0 aliphatic rings. The van der Waals surface area contributed by atoms with Crippen LogP contribution in [-0.4, -0.2) is 27.7 Å². The fourth-order valence-corrected chi connectivity index (χ4v) is 4.76. The molecule has 28 heavy (non-hydrogen) atoms. The van der Waals surface area contributed by atoms with Gasteiger partial charge in [0.1, 0.15) is 10.6 Å². The van der Waals surface area contributed by atoms with Crippen molar-refractivity contribution in [2.45, 2.75) is 39.1 Å². The van der Waals surface area contributed by atoms with Crippen LogP contribution in [0.15, 0.2) is 34.2 Å². The maximum atomic E-state index is 12.8. The molecule has 0 amide bonds. The monoisotopic (exact) mass is 424 g/mol. The first-order valence-corrected chi connectivity index (χ1v) is 10.3. The van der Waals surface area contributed by atoms with Crippen LogP contribution in [0.1, 0.15) is 27.7 Å². The fourth-order valence-electron chi connectivity index (χ4n) is 2.73. The predicted molar refractivity (Wildman–Crippen MR) is 107 cm³/mol. The average Bonchev–Trinajstić information content (AvgIpc) is 2.94. The lowest BCUT2D eigenvalue weighted by atomic mass is 10.1. The molecule has 0 atom stereocenters. The highest BCUT2D eigenvalue weighted by Crippen LogP contribution is 2.28. The summed E-state index contributed by atoms with van der Waals surface area (Å²) in [4.78, 5) is 31.6. The number of thioether (sulfide) groups is 1. The third kappa shape index (κ3) is 4.10. The summed E-state index contributed by atoms with van der Waals surface area (Å²) in [5, 5.41) is 1.13. The second kappa shape index (κ2) is 8.40. The number of thiophene rings is 1. The Balaban J connectivity index is 1.81. The number of hydrogen-bond acceptors (Lipinski definition) is 6. The molecule has 0 fully saturated rings. The van der Waals surface area contributed by atoms with Crippen molar-refractivity contribution >= 4 is 39.1 Å². The van der Waals surface area contributed by atoms with Gasteiger partial charge in [0.15, 0.2) is 10.9 Å². The minimum Gasteiger partial charge on any atom is -0.435 e. The smallest absolute Gasteiger partial charge is 0.387 e. The van der Waals surface area contributed by atoms with Crippen molar-refractivity contribution in [1.82, 2.24) is 9.55 Å². The third-order valence-corrected chi connectivity index (χ3v) is 6.38. The quantitative estimate of drug-likeness (QED) is 0.313. The van der Waals surface area contributed by atoms with Crippen LogP contribution in [0.4, 0.5) is 8.78 Å². The van der Waals surface area contributed by atoms with Crippen molar-refractivity contribution in [3.05, 3.63) is 50.6 Å². The average molecular weight is 424 g/mol. The van der Waals surface area contributed by atoms with Crippen LogP contribution in [-0.2, 0) is 6.54 Å². The van der Waals surface area contributed by atoms with Crippen LogP contribution in [0.5, 0.6) is 5.75 Å². The summed E-state index contributed by atoms with van der Waals surface area (Å²) in [7, 11) is 0. The van der Waals surface area contributed by atoms with E-state index in [1.165, 1.54) is 47.4 Å². The molecule has 148 valence electrons. The number of ether oxygens (including phenoxy) is 1. The number of fused-ring (bicyclic) bond motifs is 1. The van der Waals surface area contributed by atoms with Crippen molar-refractivity contribution in [2.24, 2.45) is 0 Å². The zero-order chi connectivity index (χ0) is 20.4. The molecule has 3 rings (SSSR count). The molecule has 2 aromatic heterocycles. The van der Waals surface area contributed by atoms with Crippen molar-refractivity contribution in [1.29, 1.82) is 0 Å². The minimum atomic E-state index is -2.91. The van der Waals surface area contributed by atoms with E-state index in [0.29, 0.717) is 27.5 Å². The Morgan fingerprint density at radius 3 is 2.57 bits per heavy atom. The van der Waals surface area contributed by atoms with Gasteiger partial charge < -0.3 is 4.74 Å². The maximum Gasteiger partial charge on any atom is 0.387 e. The van der Waals surface area contributed by atoms with Crippen molar-refractivity contribution < 1.29 is 18.3 Å². The molecule has 0 saturated carbocycles. The van der Waals surface area contributed by atoms with Gasteiger partial charge in [-0.2, -0.15) is 8.78 Å². The Morgan fingerprint density at radius 1 is 1.29 bits per heavy atom. The second-order valence-electron chi connectivity index (χ2n) is 6.02. The van der Waals surface area contributed by atoms with E-state index in [1.807, 2.05) is 20.8 Å². The van der Waals surface area contributed by atoms with Crippen molar-refractivity contribution in [3.63, 3.8) is 0 Å². The summed E-state index contributed by atoms with van der Waals surface area (Å²) < 4.78 is 30.3. The number of nitrogens with zero attached hydrogens (tertiary/aromatic N) is 2. The van der Waals surface area contributed by atoms with Gasteiger partial charge in [0, 0.05) is 17.0 Å². The van der Waals surface area contributed by atoms with Crippen molar-refractivity contribution in [3.8, 4) is 5.75 Å². The normalized spacial score (nSPS) is 11.4. The molecule has 1 aromatic carbocycles. The fraction of sp³-hybridized carbons (Fsp3) is 0.316. The van der Waals surface area contributed by atoms with Crippen LogP contribution < -0.4 is 10.3 Å². The summed E-state index contributed by atoms with van der Waals surface area (Å²) in [6.07, 6.45) is 0. The Hall–Kier alpha value is -2.26. The van der Waals surface area contributed by atoms with Gasteiger partial charge >= 0.3 is 6.61 Å². The summed E-state index contributed by atoms with van der Waals surface area (Å²) in [5.74, 6) is -0.116. The Kier molecular flexibility index (Phi) is 6.14. The standard InChI is InChI=1S/C19H18F2N2O3S2/c1-4-23-17(25)15-10(2)11(3)28-16(15)22-19(23)27-9-14(24)12-5-7-13(8-6-12)26-18(20)21/h5-8,18H,4,9H2,1-3H3. The van der Waals surface area contributed by atoms with Crippen LogP contribution in [0.25, 0.3) is 10.2 Å². The number of ketones is 1. The number of aromatic nitrogens is 2. The number of rotatable bonds is 7. The lowest BCUT2D eigenvalue weighted by molar-refractivity contribution is -0.0498. The van der Waals surface area contributed by atoms with E-state index in [1.54, 1.807) is 4.57 Å². The molecule has 0 aliphatic carbocycles. The molecule has 0 bridgehead atoms. The van der Waals surface area contributed by atoms with Gasteiger partial charge in [0.2, 0.25) is 0 Å². The summed E-state index contributed by atoms with van der Waals surface area (Å²) in [5.41, 5.74) is 1.22. The molecule has 0 spiro atoms. The Labute approximate surface area is 168 Å². The van der Waals surface area contributed by atoms with Crippen molar-refractivity contribution in [2.75, 3.05) is 5.75 Å². The highest BCUT2D eigenvalue weighted by Gasteiger charge is 2.17. The van der Waals surface area contributed by atoms with E-state index in [2.05, 4.69) is 9.72 Å². The van der Waals surface area contributed by atoms with E-state index in [9.17, 15) is 18.4 Å². The number of carbonyl (C=O) groups excluding carboxylic acids is 1. The molecular formula is C19H18F2N2O3S2. The molecule has 0 aliphatic heterocycles. The predicted octanol–water partition coefficient (Wildman–Crippen LogP) is 4.67. The third-order valence-electron chi connectivity index (χ3n) is 4.30. The number of halogens is 2. The lowest BCUT2D eigenvalue weighted by Crippen LogP contribution is -2.22. The van der Waals surface area contributed by atoms with E-state index in [4.69, 9.17) is 0 Å². The van der Waals surface area contributed by atoms with Gasteiger partial charge in [-0.05, 0) is 50.6 Å². The van der Waals surface area contributed by atoms with Crippen LogP contribution in [0.3, 0.4) is 0 Å². The van der Waals surface area contributed by atoms with Gasteiger partial charge in [0.05, 0.1) is 11.1 Å². The number of alkyl halides is 2. The highest BCUT2D eigenvalue weighted by molar-refractivity contribution is 7.99. The molecule has 3 aromatic rings. The largest absolute Gasteiger partial charge is 0.435 e. The van der Waals surface area contributed by atoms with Gasteiger partial charge in [-0.3, -0.25) is 14.2 Å². The number of hydrogen-bond donors (Lipinski definition) is 0. The van der Waals surface area contributed by atoms with Gasteiger partial charge in [0.25, 0.3) is 5.56 Å². The zero-order valence-corrected chi connectivity index (χ0v) is 17.1. The number of aryl methyl sites for hydroxylation is 2. The Bertz CT molecular complexity index is 1080. The second-order valence-corrected chi connectivity index (χ2v) is 8.17. The summed E-state index contributed by atoms with van der Waals surface area (Å²) in [6, 6.07) is 5.54. The number of carbonyl (C=O) groups is 1. The maximum absolute atomic E-state index is 12.8. The molecule has 2 heterocycles. The number of Topliss-reactive ketones (excluding diaryl/α,β-unsaturated/α-hetero) is 1. The van der Waals surface area contributed by atoms with Crippen LogP contribution in [0, 0.1) is 13.8 Å². The molecule has 5 nitrogen and oxygen atoms in total.